The first-order valence-electron chi connectivity index (χ1n) is 8.93. The Bertz CT molecular complexity index is 998. The third-order valence-electron chi connectivity index (χ3n) is 4.65. The summed E-state index contributed by atoms with van der Waals surface area (Å²) in [6.45, 7) is 0.882. The molecular weight excluding hydrogens is 378 g/mol. The molecule has 4 rings (SSSR count). The van der Waals surface area contributed by atoms with Crippen LogP contribution in [0.2, 0.25) is 5.02 Å². The van der Waals surface area contributed by atoms with Crippen molar-refractivity contribution >= 4 is 34.7 Å². The number of fused-ring (bicyclic) bond motifs is 1. The van der Waals surface area contributed by atoms with Crippen LogP contribution in [0.5, 0.6) is 11.5 Å². The van der Waals surface area contributed by atoms with Crippen LogP contribution in [-0.4, -0.2) is 35.9 Å². The maximum atomic E-state index is 6.17. The van der Waals surface area contributed by atoms with Gasteiger partial charge in [-0.25, -0.2) is 0 Å². The van der Waals surface area contributed by atoms with E-state index in [9.17, 15) is 0 Å². The van der Waals surface area contributed by atoms with Gasteiger partial charge in [-0.05, 0) is 24.5 Å². The Kier molecular flexibility index (Phi) is 5.16. The summed E-state index contributed by atoms with van der Waals surface area (Å²) in [6, 6.07) is 11.8. The molecule has 0 amide bonds. The van der Waals surface area contributed by atoms with E-state index in [1.165, 1.54) is 5.56 Å². The van der Waals surface area contributed by atoms with E-state index >= 15 is 0 Å². The highest BCUT2D eigenvalue weighted by molar-refractivity contribution is 6.32. The van der Waals surface area contributed by atoms with Gasteiger partial charge in [-0.1, -0.05) is 29.8 Å². The van der Waals surface area contributed by atoms with Gasteiger partial charge in [0.2, 0.25) is 5.95 Å². The molecule has 0 radical (unpaired) electrons. The molecule has 8 heteroatoms. The Hall–Kier alpha value is -3.06. The van der Waals surface area contributed by atoms with E-state index in [1.807, 2.05) is 6.07 Å². The maximum Gasteiger partial charge on any atom is 0.249 e. The number of nitrogens with one attached hydrogen (secondary N) is 1. The predicted molar refractivity (Wildman–Crippen MR) is 109 cm³/mol. The molecule has 3 aromatic rings. The van der Waals surface area contributed by atoms with Crippen molar-refractivity contribution in [2.24, 2.45) is 0 Å². The number of ether oxygens (including phenoxy) is 2. The second kappa shape index (κ2) is 7.90. The van der Waals surface area contributed by atoms with Crippen LogP contribution in [-0.2, 0) is 6.42 Å². The molecule has 28 heavy (non-hydrogen) atoms. The van der Waals surface area contributed by atoms with E-state index in [4.69, 9.17) is 21.1 Å². The summed E-state index contributed by atoms with van der Waals surface area (Å²) in [5, 5.41) is 11.9. The second-order valence-electron chi connectivity index (χ2n) is 6.33. The fourth-order valence-electron chi connectivity index (χ4n) is 3.33. The summed E-state index contributed by atoms with van der Waals surface area (Å²) in [5.74, 6) is 2.19. The standard InChI is InChI=1S/C20H20ClN5O2/c1-27-17-11-15(18(28-2)10-14(17)21)23-20-24-19(12-22-25-20)26-9-5-7-13-6-3-4-8-16(13)26/h3-4,6,8,10-12H,5,7,9H2,1-2H3,(H,23,24,25). The van der Waals surface area contributed by atoms with Crippen molar-refractivity contribution in [3.8, 4) is 11.5 Å². The zero-order valence-electron chi connectivity index (χ0n) is 15.6. The smallest absolute Gasteiger partial charge is 0.249 e. The van der Waals surface area contributed by atoms with Crippen LogP contribution < -0.4 is 19.7 Å². The number of para-hydroxylation sites is 1. The van der Waals surface area contributed by atoms with Crippen molar-refractivity contribution < 1.29 is 9.47 Å². The van der Waals surface area contributed by atoms with Gasteiger partial charge in [-0.15, -0.1) is 5.10 Å². The van der Waals surface area contributed by atoms with Crippen LogP contribution in [0.3, 0.4) is 0 Å². The van der Waals surface area contributed by atoms with Gasteiger partial charge in [0.1, 0.15) is 11.5 Å². The number of hydrogen-bond acceptors (Lipinski definition) is 7. The molecular formula is C20H20ClN5O2. The summed E-state index contributed by atoms with van der Waals surface area (Å²) in [7, 11) is 3.13. The topological polar surface area (TPSA) is 72.4 Å². The van der Waals surface area contributed by atoms with Gasteiger partial charge in [0.15, 0.2) is 5.82 Å². The average Bonchev–Trinajstić information content (AvgIpc) is 2.74. The largest absolute Gasteiger partial charge is 0.495 e. The van der Waals surface area contributed by atoms with Gasteiger partial charge in [-0.2, -0.15) is 10.1 Å². The molecule has 144 valence electrons. The minimum Gasteiger partial charge on any atom is -0.495 e. The molecule has 0 aliphatic carbocycles. The lowest BCUT2D eigenvalue weighted by Gasteiger charge is -2.30. The Morgan fingerprint density at radius 3 is 2.75 bits per heavy atom. The maximum absolute atomic E-state index is 6.17. The molecule has 0 bridgehead atoms. The fraction of sp³-hybridized carbons (Fsp3) is 0.250. The zero-order chi connectivity index (χ0) is 19.5. The van der Waals surface area contributed by atoms with E-state index in [0.29, 0.717) is 28.2 Å². The van der Waals surface area contributed by atoms with E-state index in [1.54, 1.807) is 32.5 Å². The van der Waals surface area contributed by atoms with Crippen molar-refractivity contribution in [2.45, 2.75) is 12.8 Å². The van der Waals surface area contributed by atoms with Gasteiger partial charge >= 0.3 is 0 Å². The lowest BCUT2D eigenvalue weighted by atomic mass is 10.0. The van der Waals surface area contributed by atoms with Gasteiger partial charge in [0.25, 0.3) is 0 Å². The first kappa shape index (κ1) is 18.3. The number of aromatic nitrogens is 3. The van der Waals surface area contributed by atoms with E-state index < -0.39 is 0 Å². The molecule has 0 atom stereocenters. The monoisotopic (exact) mass is 397 g/mol. The van der Waals surface area contributed by atoms with Crippen molar-refractivity contribution in [3.63, 3.8) is 0 Å². The summed E-state index contributed by atoms with van der Waals surface area (Å²) >= 11 is 6.17. The molecule has 1 N–H and O–H groups in total. The van der Waals surface area contributed by atoms with Crippen molar-refractivity contribution in [1.82, 2.24) is 15.2 Å². The van der Waals surface area contributed by atoms with E-state index in [2.05, 4.69) is 43.6 Å². The SMILES string of the molecule is COc1cc(Nc2nncc(N3CCCc4ccccc43)n2)c(OC)cc1Cl. The fourth-order valence-corrected chi connectivity index (χ4v) is 3.56. The molecule has 2 heterocycles. The normalized spacial score (nSPS) is 13.0. The van der Waals surface area contributed by atoms with Crippen LogP contribution in [0.4, 0.5) is 23.1 Å². The second-order valence-corrected chi connectivity index (χ2v) is 6.74. The highest BCUT2D eigenvalue weighted by Crippen LogP contribution is 2.37. The van der Waals surface area contributed by atoms with Crippen LogP contribution in [0.25, 0.3) is 0 Å². The Morgan fingerprint density at radius 1 is 1.11 bits per heavy atom. The quantitative estimate of drug-likeness (QED) is 0.685. The molecule has 1 aromatic heterocycles. The third-order valence-corrected chi connectivity index (χ3v) is 4.95. The first-order valence-corrected chi connectivity index (χ1v) is 9.31. The third kappa shape index (κ3) is 3.53. The highest BCUT2D eigenvalue weighted by Gasteiger charge is 2.20. The number of aryl methyl sites for hydroxylation is 1. The minimum absolute atomic E-state index is 0.364. The molecule has 1 aliphatic rings. The Morgan fingerprint density at radius 2 is 1.93 bits per heavy atom. The first-order chi connectivity index (χ1) is 13.7. The Labute approximate surface area is 168 Å². The summed E-state index contributed by atoms with van der Waals surface area (Å²) in [4.78, 5) is 6.82. The summed E-state index contributed by atoms with van der Waals surface area (Å²) in [6.07, 6.45) is 3.80. The molecule has 0 fully saturated rings. The predicted octanol–water partition coefficient (Wildman–Crippen LogP) is 4.37. The van der Waals surface area contributed by atoms with Gasteiger partial charge < -0.3 is 19.7 Å². The molecule has 1 aliphatic heterocycles. The van der Waals surface area contributed by atoms with Crippen molar-refractivity contribution in [3.05, 3.63) is 53.2 Å². The van der Waals surface area contributed by atoms with Gasteiger partial charge in [0.05, 0.1) is 31.1 Å². The number of rotatable bonds is 5. The van der Waals surface area contributed by atoms with Crippen LogP contribution in [0.1, 0.15) is 12.0 Å². The van der Waals surface area contributed by atoms with Crippen molar-refractivity contribution in [2.75, 3.05) is 31.0 Å². The molecule has 2 aromatic carbocycles. The molecule has 0 unspecified atom stereocenters. The molecule has 0 spiro atoms. The van der Waals surface area contributed by atoms with E-state index in [0.717, 1.165) is 30.9 Å². The number of hydrogen-bond donors (Lipinski definition) is 1. The molecule has 7 nitrogen and oxygen atoms in total. The van der Waals surface area contributed by atoms with E-state index in [-0.39, 0.29) is 0 Å². The molecule has 0 saturated heterocycles. The highest BCUT2D eigenvalue weighted by atomic mass is 35.5. The molecule has 0 saturated carbocycles. The zero-order valence-corrected chi connectivity index (χ0v) is 16.4. The lowest BCUT2D eigenvalue weighted by molar-refractivity contribution is 0.405. The van der Waals surface area contributed by atoms with Crippen LogP contribution >= 0.6 is 11.6 Å². The van der Waals surface area contributed by atoms with Gasteiger partial charge in [0, 0.05) is 24.4 Å². The number of anilines is 4. The van der Waals surface area contributed by atoms with Gasteiger partial charge in [-0.3, -0.25) is 0 Å². The summed E-state index contributed by atoms with van der Waals surface area (Å²) in [5.41, 5.74) is 3.11. The van der Waals surface area contributed by atoms with Crippen molar-refractivity contribution in [1.29, 1.82) is 0 Å². The lowest BCUT2D eigenvalue weighted by Crippen LogP contribution is -2.25. The average molecular weight is 398 g/mol. The van der Waals surface area contributed by atoms with Crippen LogP contribution in [0, 0.1) is 0 Å². The number of halogens is 1. The summed E-state index contributed by atoms with van der Waals surface area (Å²) < 4.78 is 10.7. The van der Waals surface area contributed by atoms with Crippen LogP contribution in [0.15, 0.2) is 42.6 Å². The number of nitrogens with zero attached hydrogens (tertiary/aromatic N) is 4. The number of benzene rings is 2. The Balaban J connectivity index is 1.66. The number of methoxy groups -OCH3 is 2. The minimum atomic E-state index is 0.364.